The molecule has 2 aromatic carbocycles. The monoisotopic (exact) mass is 435 g/mol. The lowest BCUT2D eigenvalue weighted by Crippen LogP contribution is -2.06. The van der Waals surface area contributed by atoms with Gasteiger partial charge in [-0.05, 0) is 58.4 Å². The lowest BCUT2D eigenvalue weighted by atomic mass is 10.0. The van der Waals surface area contributed by atoms with Crippen LogP contribution in [0.15, 0.2) is 51.4 Å². The van der Waals surface area contributed by atoms with Crippen LogP contribution in [0.25, 0.3) is 5.57 Å². The van der Waals surface area contributed by atoms with Gasteiger partial charge in [-0.2, -0.15) is 0 Å². The first-order chi connectivity index (χ1) is 11.0. The number of fused-ring (bicyclic) bond motifs is 1. The van der Waals surface area contributed by atoms with Gasteiger partial charge in [-0.1, -0.05) is 15.9 Å². The van der Waals surface area contributed by atoms with Crippen LogP contribution in [0.1, 0.15) is 15.9 Å². The number of carbonyl (C=O) groups excluding carboxylic acids is 2. The van der Waals surface area contributed by atoms with E-state index in [9.17, 15) is 9.59 Å². The highest BCUT2D eigenvalue weighted by Gasteiger charge is 2.27. The van der Waals surface area contributed by atoms with Gasteiger partial charge >= 0.3 is 0 Å². The van der Waals surface area contributed by atoms with Crippen LogP contribution < -0.4 is 10.1 Å². The third-order valence-electron chi connectivity index (χ3n) is 3.48. The molecule has 23 heavy (non-hydrogen) atoms. The molecule has 3 rings (SSSR count). The summed E-state index contributed by atoms with van der Waals surface area (Å²) in [5, 5.41) is 2.77. The number of benzene rings is 2. The summed E-state index contributed by atoms with van der Waals surface area (Å²) in [5.74, 6) is 0.147. The highest BCUT2D eigenvalue weighted by molar-refractivity contribution is 9.11. The maximum atomic E-state index is 12.4. The first kappa shape index (κ1) is 16.0. The third kappa shape index (κ3) is 3.09. The number of amides is 1. The second kappa shape index (κ2) is 6.29. The SMILES string of the molecule is COc1ccc(C(=O)/C=C2\C(=O)Nc3c(Br)cc(Br)cc32)cc1. The predicted octanol–water partition coefficient (Wildman–Crippen LogP) is 4.44. The molecule has 1 heterocycles. The van der Waals surface area contributed by atoms with Crippen molar-refractivity contribution in [2.45, 2.75) is 0 Å². The molecule has 116 valence electrons. The van der Waals surface area contributed by atoms with E-state index in [1.807, 2.05) is 12.1 Å². The highest BCUT2D eigenvalue weighted by Crippen LogP contribution is 2.39. The number of allylic oxidation sites excluding steroid dienone is 1. The molecule has 0 saturated heterocycles. The van der Waals surface area contributed by atoms with Gasteiger partial charge in [0, 0.05) is 20.1 Å². The molecule has 4 nitrogen and oxygen atoms in total. The smallest absolute Gasteiger partial charge is 0.256 e. The molecule has 0 unspecified atom stereocenters. The van der Waals surface area contributed by atoms with Crippen molar-refractivity contribution < 1.29 is 14.3 Å². The minimum Gasteiger partial charge on any atom is -0.497 e. The van der Waals surface area contributed by atoms with E-state index in [0.29, 0.717) is 28.1 Å². The van der Waals surface area contributed by atoms with Crippen LogP contribution in [0.5, 0.6) is 5.75 Å². The molecule has 0 bridgehead atoms. The molecule has 1 amide bonds. The second-order valence-electron chi connectivity index (χ2n) is 4.92. The summed E-state index contributed by atoms with van der Waals surface area (Å²) < 4.78 is 6.65. The van der Waals surface area contributed by atoms with Crippen LogP contribution in [0.2, 0.25) is 0 Å². The minimum atomic E-state index is -0.291. The molecule has 0 aliphatic carbocycles. The van der Waals surface area contributed by atoms with Crippen LogP contribution in [-0.4, -0.2) is 18.8 Å². The van der Waals surface area contributed by atoms with E-state index in [4.69, 9.17) is 4.74 Å². The average molecular weight is 437 g/mol. The Morgan fingerprint density at radius 3 is 2.52 bits per heavy atom. The molecule has 0 spiro atoms. The molecule has 0 radical (unpaired) electrons. The largest absolute Gasteiger partial charge is 0.497 e. The topological polar surface area (TPSA) is 55.4 Å². The molecule has 1 aliphatic rings. The summed E-state index contributed by atoms with van der Waals surface area (Å²) in [6.07, 6.45) is 1.36. The Hall–Kier alpha value is -1.92. The van der Waals surface area contributed by atoms with Gasteiger partial charge in [0.2, 0.25) is 0 Å². The van der Waals surface area contributed by atoms with E-state index in [1.54, 1.807) is 31.4 Å². The molecule has 0 aromatic heterocycles. The van der Waals surface area contributed by atoms with Crippen molar-refractivity contribution in [3.05, 3.63) is 62.5 Å². The van der Waals surface area contributed by atoms with Gasteiger partial charge < -0.3 is 10.1 Å². The van der Waals surface area contributed by atoms with Gasteiger partial charge in [0.15, 0.2) is 5.78 Å². The zero-order valence-electron chi connectivity index (χ0n) is 12.0. The molecule has 2 aromatic rings. The standard InChI is InChI=1S/C17H11Br2NO3/c1-23-11-4-2-9(3-5-11)15(21)8-13-12-6-10(18)7-14(19)16(12)20-17(13)22/h2-8H,1H3,(H,20,22)/b13-8-. The molecular formula is C17H11Br2NO3. The average Bonchev–Trinajstić information content (AvgIpc) is 2.84. The zero-order valence-corrected chi connectivity index (χ0v) is 15.2. The number of hydrogen-bond donors (Lipinski definition) is 1. The van der Waals surface area contributed by atoms with Crippen molar-refractivity contribution in [3.8, 4) is 5.75 Å². The summed E-state index contributed by atoms with van der Waals surface area (Å²) in [5.41, 5.74) is 2.21. The van der Waals surface area contributed by atoms with Crippen LogP contribution in [0, 0.1) is 0 Å². The van der Waals surface area contributed by atoms with E-state index >= 15 is 0 Å². The molecule has 0 saturated carbocycles. The number of nitrogens with one attached hydrogen (secondary N) is 1. The van der Waals surface area contributed by atoms with Crippen LogP contribution >= 0.6 is 31.9 Å². The molecule has 0 atom stereocenters. The van der Waals surface area contributed by atoms with Gasteiger partial charge in [-0.3, -0.25) is 9.59 Å². The molecule has 6 heteroatoms. The van der Waals surface area contributed by atoms with E-state index in [-0.39, 0.29) is 11.7 Å². The van der Waals surface area contributed by atoms with E-state index in [2.05, 4.69) is 37.2 Å². The number of ether oxygens (including phenoxy) is 1. The van der Waals surface area contributed by atoms with Crippen LogP contribution in [0.4, 0.5) is 5.69 Å². The van der Waals surface area contributed by atoms with Crippen molar-refractivity contribution >= 4 is 54.8 Å². The Bertz CT molecular complexity index is 842. The fourth-order valence-electron chi connectivity index (χ4n) is 2.33. The van der Waals surface area contributed by atoms with Crippen LogP contribution in [-0.2, 0) is 4.79 Å². The third-order valence-corrected chi connectivity index (χ3v) is 4.56. The summed E-state index contributed by atoms with van der Waals surface area (Å²) in [7, 11) is 1.56. The van der Waals surface area contributed by atoms with E-state index in [1.165, 1.54) is 6.08 Å². The zero-order chi connectivity index (χ0) is 16.6. The van der Waals surface area contributed by atoms with Gasteiger partial charge in [-0.25, -0.2) is 0 Å². The van der Waals surface area contributed by atoms with E-state index < -0.39 is 0 Å². The summed E-state index contributed by atoms with van der Waals surface area (Å²) >= 11 is 6.80. The van der Waals surface area contributed by atoms with Crippen LogP contribution in [0.3, 0.4) is 0 Å². The molecule has 1 aliphatic heterocycles. The second-order valence-corrected chi connectivity index (χ2v) is 6.69. The Balaban J connectivity index is 2.00. The first-order valence-corrected chi connectivity index (χ1v) is 8.29. The quantitative estimate of drug-likeness (QED) is 0.571. The Morgan fingerprint density at radius 1 is 1.17 bits per heavy atom. The van der Waals surface area contributed by atoms with Gasteiger partial charge in [0.05, 0.1) is 18.4 Å². The van der Waals surface area contributed by atoms with Gasteiger partial charge in [0.1, 0.15) is 5.75 Å². The van der Waals surface area contributed by atoms with E-state index in [0.717, 1.165) is 8.95 Å². The number of ketones is 1. The normalized spacial score (nSPS) is 14.6. The number of hydrogen-bond acceptors (Lipinski definition) is 3. The minimum absolute atomic E-state index is 0.234. The fourth-order valence-corrected chi connectivity index (χ4v) is 3.65. The number of anilines is 1. The summed E-state index contributed by atoms with van der Waals surface area (Å²) in [6, 6.07) is 10.4. The number of methoxy groups -OCH3 is 1. The van der Waals surface area contributed by atoms with Crippen molar-refractivity contribution in [2.24, 2.45) is 0 Å². The predicted molar refractivity (Wildman–Crippen MR) is 95.8 cm³/mol. The Morgan fingerprint density at radius 2 is 1.87 bits per heavy atom. The summed E-state index contributed by atoms with van der Waals surface area (Å²) in [4.78, 5) is 24.6. The maximum absolute atomic E-state index is 12.4. The number of halogens is 2. The van der Waals surface area contributed by atoms with Gasteiger partial charge in [-0.15, -0.1) is 0 Å². The molecule has 1 N–H and O–H groups in total. The Kier molecular flexibility index (Phi) is 4.37. The highest BCUT2D eigenvalue weighted by atomic mass is 79.9. The number of carbonyl (C=O) groups is 2. The number of rotatable bonds is 3. The van der Waals surface area contributed by atoms with Crippen molar-refractivity contribution in [3.63, 3.8) is 0 Å². The van der Waals surface area contributed by atoms with Gasteiger partial charge in [0.25, 0.3) is 5.91 Å². The Labute approximate surface area is 149 Å². The first-order valence-electron chi connectivity index (χ1n) is 6.70. The lowest BCUT2D eigenvalue weighted by molar-refractivity contribution is -0.110. The fraction of sp³-hybridized carbons (Fsp3) is 0.0588. The van der Waals surface area contributed by atoms with Crippen molar-refractivity contribution in [1.29, 1.82) is 0 Å². The summed E-state index contributed by atoms with van der Waals surface area (Å²) in [6.45, 7) is 0. The van der Waals surface area contributed by atoms with Crippen molar-refractivity contribution in [2.75, 3.05) is 12.4 Å². The van der Waals surface area contributed by atoms with Crippen molar-refractivity contribution in [1.82, 2.24) is 0 Å². The molecule has 0 fully saturated rings. The molecular weight excluding hydrogens is 426 g/mol. The maximum Gasteiger partial charge on any atom is 0.256 e. The lowest BCUT2D eigenvalue weighted by Gasteiger charge is -2.03.